The molecule has 1 unspecified atom stereocenters. The molecule has 2 heterocycles. The summed E-state index contributed by atoms with van der Waals surface area (Å²) in [4.78, 5) is 13.2. The number of para-hydroxylation sites is 2. The van der Waals surface area contributed by atoms with Crippen molar-refractivity contribution in [3.05, 3.63) is 94.0 Å². The number of anilines is 2. The molecule has 0 aliphatic carbocycles. The summed E-state index contributed by atoms with van der Waals surface area (Å²) in [5.41, 5.74) is 1.10. The van der Waals surface area contributed by atoms with E-state index in [0.29, 0.717) is 32.8 Å². The molecule has 3 aromatic rings. The molecule has 5 nitrogen and oxygen atoms in total. The summed E-state index contributed by atoms with van der Waals surface area (Å²) in [7, 11) is 0. The number of halogens is 2. The summed E-state index contributed by atoms with van der Waals surface area (Å²) < 4.78 is 6.26. The Morgan fingerprint density at radius 3 is 2.43 bits per heavy atom. The molecule has 0 radical (unpaired) electrons. The first kappa shape index (κ1) is 17.1. The summed E-state index contributed by atoms with van der Waals surface area (Å²) >= 11 is 12.3. The third kappa shape index (κ3) is 2.40. The van der Waals surface area contributed by atoms with E-state index in [1.54, 1.807) is 41.4 Å². The highest BCUT2D eigenvalue weighted by Crippen LogP contribution is 2.49. The van der Waals surface area contributed by atoms with E-state index in [1.807, 2.05) is 36.4 Å². The van der Waals surface area contributed by atoms with E-state index in [-0.39, 0.29) is 5.91 Å². The van der Waals surface area contributed by atoms with Crippen LogP contribution in [0.5, 0.6) is 0 Å². The Kier molecular flexibility index (Phi) is 3.82. The number of carbonyl (C=O) groups excluding carboxylic acids is 1. The zero-order valence-corrected chi connectivity index (χ0v) is 15.9. The average molecular weight is 410 g/mol. The Balaban J connectivity index is 1.71. The number of rotatable bonds is 2. The van der Waals surface area contributed by atoms with Crippen LogP contribution in [-0.4, -0.2) is 11.8 Å². The normalized spacial score (nSPS) is 20.0. The van der Waals surface area contributed by atoms with Crippen LogP contribution in [0, 0.1) is 0 Å². The van der Waals surface area contributed by atoms with Crippen LogP contribution in [0.15, 0.2) is 77.9 Å². The molecular weight excluding hydrogens is 397 g/mol. The second kappa shape index (κ2) is 6.26. The summed E-state index contributed by atoms with van der Waals surface area (Å²) in [5.74, 6) is -0.0318. The molecule has 2 aliphatic heterocycles. The minimum absolute atomic E-state index is 0.323. The number of benzene rings is 3. The van der Waals surface area contributed by atoms with Crippen molar-refractivity contribution >= 4 is 46.4 Å². The standard InChI is InChI=1S/C21H13Cl2N3O2/c22-14-11-9-13(10-12-14)19-25-26(15-5-2-1-3-6-15)21(28-19)16-7-4-8-17(23)18(16)24-20(21)27/h1-12H,(H,24,27). The zero-order chi connectivity index (χ0) is 19.3. The molecule has 3 aromatic carbocycles. The molecule has 7 heteroatoms. The summed E-state index contributed by atoms with van der Waals surface area (Å²) in [5, 5.41) is 10.1. The Bertz CT molecular complexity index is 1120. The third-order valence-corrected chi connectivity index (χ3v) is 5.32. The van der Waals surface area contributed by atoms with Crippen LogP contribution in [0.3, 0.4) is 0 Å². The lowest BCUT2D eigenvalue weighted by atomic mass is 10.0. The number of hydrogen-bond acceptors (Lipinski definition) is 4. The van der Waals surface area contributed by atoms with Gasteiger partial charge in [-0.1, -0.05) is 53.5 Å². The van der Waals surface area contributed by atoms with E-state index in [2.05, 4.69) is 10.4 Å². The maximum Gasteiger partial charge on any atom is 0.311 e. The number of carbonyl (C=O) groups is 1. The molecule has 0 bridgehead atoms. The van der Waals surface area contributed by atoms with E-state index in [9.17, 15) is 4.79 Å². The number of hydrogen-bond donors (Lipinski definition) is 1. The highest BCUT2D eigenvalue weighted by molar-refractivity contribution is 6.35. The van der Waals surface area contributed by atoms with Crippen molar-refractivity contribution in [1.29, 1.82) is 0 Å². The van der Waals surface area contributed by atoms with E-state index in [4.69, 9.17) is 27.9 Å². The second-order valence-corrected chi connectivity index (χ2v) is 7.27. The summed E-state index contributed by atoms with van der Waals surface area (Å²) in [6, 6.07) is 21.8. The quantitative estimate of drug-likeness (QED) is 0.647. The van der Waals surface area contributed by atoms with Crippen LogP contribution in [0.25, 0.3) is 0 Å². The van der Waals surface area contributed by atoms with Crippen molar-refractivity contribution in [3.63, 3.8) is 0 Å². The first-order valence-electron chi connectivity index (χ1n) is 8.59. The van der Waals surface area contributed by atoms with E-state index in [1.165, 1.54) is 0 Å². The molecular formula is C21H13Cl2N3O2. The topological polar surface area (TPSA) is 53.9 Å². The van der Waals surface area contributed by atoms with Gasteiger partial charge in [0.25, 0.3) is 5.91 Å². The van der Waals surface area contributed by atoms with Crippen LogP contribution in [0.1, 0.15) is 11.1 Å². The molecule has 1 atom stereocenters. The van der Waals surface area contributed by atoms with Crippen molar-refractivity contribution in [2.45, 2.75) is 5.72 Å². The van der Waals surface area contributed by atoms with E-state index in [0.717, 1.165) is 5.69 Å². The van der Waals surface area contributed by atoms with Crippen molar-refractivity contribution in [2.24, 2.45) is 5.10 Å². The maximum absolute atomic E-state index is 13.2. The minimum Gasteiger partial charge on any atom is -0.433 e. The van der Waals surface area contributed by atoms with Crippen molar-refractivity contribution in [2.75, 3.05) is 10.3 Å². The third-order valence-electron chi connectivity index (χ3n) is 4.75. The SMILES string of the molecule is O=C1Nc2c(Cl)cccc2C12OC(c1ccc(Cl)cc1)=NN2c1ccccc1. The highest BCUT2D eigenvalue weighted by Gasteiger charge is 2.59. The largest absolute Gasteiger partial charge is 0.433 e. The Labute approximate surface area is 171 Å². The fourth-order valence-electron chi connectivity index (χ4n) is 3.45. The van der Waals surface area contributed by atoms with Gasteiger partial charge in [-0.15, -0.1) is 5.10 Å². The van der Waals surface area contributed by atoms with E-state index >= 15 is 0 Å². The average Bonchev–Trinajstić information content (AvgIpc) is 3.25. The fraction of sp³-hybridized carbons (Fsp3) is 0.0476. The van der Waals surface area contributed by atoms with Gasteiger partial charge in [0.15, 0.2) is 0 Å². The van der Waals surface area contributed by atoms with Crippen molar-refractivity contribution in [3.8, 4) is 0 Å². The van der Waals surface area contributed by atoms with Gasteiger partial charge >= 0.3 is 5.72 Å². The maximum atomic E-state index is 13.2. The molecule has 1 spiro atoms. The summed E-state index contributed by atoms with van der Waals surface area (Å²) in [6.45, 7) is 0. The van der Waals surface area contributed by atoms with Crippen LogP contribution in [0.2, 0.25) is 10.0 Å². The van der Waals surface area contributed by atoms with Crippen LogP contribution < -0.4 is 10.3 Å². The fourth-order valence-corrected chi connectivity index (χ4v) is 3.80. The minimum atomic E-state index is -1.48. The van der Waals surface area contributed by atoms with Gasteiger partial charge in [0.1, 0.15) is 0 Å². The van der Waals surface area contributed by atoms with Gasteiger partial charge in [0.2, 0.25) is 5.90 Å². The number of ether oxygens (including phenoxy) is 1. The van der Waals surface area contributed by atoms with Crippen molar-refractivity contribution in [1.82, 2.24) is 0 Å². The van der Waals surface area contributed by atoms with Crippen LogP contribution in [-0.2, 0) is 15.3 Å². The second-order valence-electron chi connectivity index (χ2n) is 6.42. The van der Waals surface area contributed by atoms with Gasteiger partial charge in [-0.2, -0.15) is 0 Å². The van der Waals surface area contributed by atoms with Crippen molar-refractivity contribution < 1.29 is 9.53 Å². The Morgan fingerprint density at radius 2 is 1.68 bits per heavy atom. The summed E-state index contributed by atoms with van der Waals surface area (Å²) in [6.07, 6.45) is 0. The number of nitrogens with one attached hydrogen (secondary N) is 1. The molecule has 138 valence electrons. The molecule has 0 saturated carbocycles. The van der Waals surface area contributed by atoms with E-state index < -0.39 is 5.72 Å². The van der Waals surface area contributed by atoms with Gasteiger partial charge in [-0.05, 0) is 42.5 Å². The Hall–Kier alpha value is -3.02. The molecule has 0 aromatic heterocycles. The number of amides is 1. The lowest BCUT2D eigenvalue weighted by molar-refractivity contribution is -0.130. The van der Waals surface area contributed by atoms with Crippen LogP contribution >= 0.6 is 23.2 Å². The molecule has 0 saturated heterocycles. The molecule has 1 amide bonds. The first-order valence-corrected chi connectivity index (χ1v) is 9.34. The predicted molar refractivity (Wildman–Crippen MR) is 110 cm³/mol. The first-order chi connectivity index (χ1) is 13.6. The highest BCUT2D eigenvalue weighted by atomic mass is 35.5. The predicted octanol–water partition coefficient (Wildman–Crippen LogP) is 5.00. The van der Waals surface area contributed by atoms with Gasteiger partial charge in [0.05, 0.1) is 22.0 Å². The van der Waals surface area contributed by atoms with Crippen LogP contribution in [0.4, 0.5) is 11.4 Å². The Morgan fingerprint density at radius 1 is 0.929 bits per heavy atom. The zero-order valence-electron chi connectivity index (χ0n) is 14.4. The lowest BCUT2D eigenvalue weighted by Crippen LogP contribution is -2.47. The number of fused-ring (bicyclic) bond motifs is 2. The molecule has 2 aliphatic rings. The van der Waals surface area contributed by atoms with Gasteiger partial charge in [-0.25, -0.2) is 5.01 Å². The molecule has 28 heavy (non-hydrogen) atoms. The molecule has 1 N–H and O–H groups in total. The van der Waals surface area contributed by atoms with Gasteiger partial charge in [-0.3, -0.25) is 4.79 Å². The molecule has 5 rings (SSSR count). The van der Waals surface area contributed by atoms with Gasteiger partial charge < -0.3 is 10.1 Å². The number of nitrogens with zero attached hydrogens (tertiary/aromatic N) is 2. The lowest BCUT2D eigenvalue weighted by Gasteiger charge is -2.30. The molecule has 0 fully saturated rings. The number of hydrazone groups is 1. The smallest absolute Gasteiger partial charge is 0.311 e. The van der Waals surface area contributed by atoms with Gasteiger partial charge in [0, 0.05) is 10.6 Å². The monoisotopic (exact) mass is 409 g/mol.